The van der Waals surface area contributed by atoms with Crippen LogP contribution in [0.25, 0.3) is 0 Å². The van der Waals surface area contributed by atoms with Crippen LogP contribution in [0.4, 0.5) is 4.79 Å². The third kappa shape index (κ3) is 5.03. The molecule has 0 unspecified atom stereocenters. The number of urea groups is 1. The van der Waals surface area contributed by atoms with Crippen LogP contribution in [0.3, 0.4) is 0 Å². The van der Waals surface area contributed by atoms with Crippen LogP contribution in [0.15, 0.2) is 34.9 Å². The summed E-state index contributed by atoms with van der Waals surface area (Å²) in [7, 11) is 0. The molecular weight excluding hydrogens is 318 g/mol. The van der Waals surface area contributed by atoms with Crippen molar-refractivity contribution in [2.24, 2.45) is 0 Å². The van der Waals surface area contributed by atoms with Gasteiger partial charge in [0.25, 0.3) is 0 Å². The van der Waals surface area contributed by atoms with Gasteiger partial charge in [-0.1, -0.05) is 42.4 Å². The lowest BCUT2D eigenvalue weighted by atomic mass is 10.1. The van der Waals surface area contributed by atoms with Crippen molar-refractivity contribution in [3.05, 3.63) is 47.6 Å². The summed E-state index contributed by atoms with van der Waals surface area (Å²) in [6.07, 6.45) is 1.77. The number of nitrogens with one attached hydrogen (secondary N) is 1. The number of aryl methyl sites for hydroxylation is 1. The lowest BCUT2D eigenvalue weighted by Gasteiger charge is -2.34. The predicted molar refractivity (Wildman–Crippen MR) is 94.1 cm³/mol. The summed E-state index contributed by atoms with van der Waals surface area (Å²) in [6, 6.07) is 10.4. The fourth-order valence-corrected chi connectivity index (χ4v) is 2.88. The Morgan fingerprint density at radius 1 is 1.20 bits per heavy atom. The van der Waals surface area contributed by atoms with Crippen LogP contribution in [0.5, 0.6) is 0 Å². The summed E-state index contributed by atoms with van der Waals surface area (Å²) in [6.45, 7) is 6.56. The van der Waals surface area contributed by atoms with Crippen molar-refractivity contribution in [2.75, 3.05) is 32.7 Å². The van der Waals surface area contributed by atoms with E-state index in [1.807, 2.05) is 17.9 Å². The van der Waals surface area contributed by atoms with Gasteiger partial charge in [-0.05, 0) is 12.0 Å². The molecule has 1 aromatic heterocycles. The fraction of sp³-hybridized carbons (Fsp3) is 0.500. The first kappa shape index (κ1) is 17.4. The van der Waals surface area contributed by atoms with Gasteiger partial charge >= 0.3 is 6.03 Å². The highest BCUT2D eigenvalue weighted by molar-refractivity contribution is 5.74. The molecule has 134 valence electrons. The van der Waals surface area contributed by atoms with E-state index in [1.165, 1.54) is 5.56 Å². The first-order chi connectivity index (χ1) is 12.2. The van der Waals surface area contributed by atoms with Crippen molar-refractivity contribution < 1.29 is 9.32 Å². The van der Waals surface area contributed by atoms with Crippen LogP contribution < -0.4 is 5.32 Å². The third-order valence-electron chi connectivity index (χ3n) is 4.44. The normalized spacial score (nSPS) is 15.3. The van der Waals surface area contributed by atoms with Gasteiger partial charge in [-0.3, -0.25) is 4.90 Å². The summed E-state index contributed by atoms with van der Waals surface area (Å²) >= 11 is 0. The first-order valence-corrected chi connectivity index (χ1v) is 8.85. The van der Waals surface area contributed by atoms with Crippen molar-refractivity contribution in [3.8, 4) is 0 Å². The Bertz CT molecular complexity index is 665. The van der Waals surface area contributed by atoms with E-state index >= 15 is 0 Å². The number of amides is 2. The van der Waals surface area contributed by atoms with Gasteiger partial charge in [0.15, 0.2) is 5.82 Å². The zero-order valence-corrected chi connectivity index (χ0v) is 14.6. The number of piperazine rings is 1. The smallest absolute Gasteiger partial charge is 0.317 e. The fourth-order valence-electron chi connectivity index (χ4n) is 2.88. The molecule has 0 aliphatic carbocycles. The number of hydrogen-bond donors (Lipinski definition) is 1. The van der Waals surface area contributed by atoms with Crippen LogP contribution >= 0.6 is 0 Å². The Balaban J connectivity index is 1.37. The minimum Gasteiger partial charge on any atom is -0.337 e. The maximum absolute atomic E-state index is 12.2. The Labute approximate surface area is 148 Å². The van der Waals surface area contributed by atoms with Crippen LogP contribution in [0.2, 0.25) is 0 Å². The number of rotatable bonds is 6. The average Bonchev–Trinajstić information content (AvgIpc) is 3.14. The largest absolute Gasteiger partial charge is 0.337 e. The average molecular weight is 343 g/mol. The Morgan fingerprint density at radius 3 is 2.64 bits per heavy atom. The molecule has 1 N–H and O–H groups in total. The summed E-state index contributed by atoms with van der Waals surface area (Å²) < 4.78 is 5.08. The molecule has 7 heteroatoms. The van der Waals surface area contributed by atoms with Gasteiger partial charge in [-0.15, -0.1) is 0 Å². The van der Waals surface area contributed by atoms with Crippen LogP contribution in [-0.4, -0.2) is 58.7 Å². The predicted octanol–water partition coefficient (Wildman–Crippen LogP) is 1.70. The van der Waals surface area contributed by atoms with Crippen LogP contribution in [0.1, 0.15) is 24.2 Å². The zero-order chi connectivity index (χ0) is 17.5. The standard InChI is InChI=1S/C18H25N5O2/c1-2-16-20-17(25-21-16)14-19-18(24)23-12-10-22(11-13-23)9-8-15-6-4-3-5-7-15/h3-7H,2,8-14H2,1H3,(H,19,24). The molecular formula is C18H25N5O2. The van der Waals surface area contributed by atoms with Gasteiger partial charge in [0.1, 0.15) is 0 Å². The van der Waals surface area contributed by atoms with E-state index in [-0.39, 0.29) is 12.6 Å². The van der Waals surface area contributed by atoms with Crippen molar-refractivity contribution in [2.45, 2.75) is 26.3 Å². The molecule has 0 radical (unpaired) electrons. The molecule has 2 heterocycles. The van der Waals surface area contributed by atoms with Crippen LogP contribution in [-0.2, 0) is 19.4 Å². The molecule has 0 spiro atoms. The molecule has 2 amide bonds. The highest BCUT2D eigenvalue weighted by Crippen LogP contribution is 2.06. The number of carbonyl (C=O) groups excluding carboxylic acids is 1. The van der Waals surface area contributed by atoms with Crippen molar-refractivity contribution >= 4 is 6.03 Å². The van der Waals surface area contributed by atoms with Gasteiger partial charge in [0.2, 0.25) is 5.89 Å². The number of aromatic nitrogens is 2. The monoisotopic (exact) mass is 343 g/mol. The zero-order valence-electron chi connectivity index (χ0n) is 14.6. The maximum Gasteiger partial charge on any atom is 0.317 e. The number of benzene rings is 1. The van der Waals surface area contributed by atoms with Gasteiger partial charge < -0.3 is 14.7 Å². The van der Waals surface area contributed by atoms with Gasteiger partial charge in [0.05, 0.1) is 6.54 Å². The lowest BCUT2D eigenvalue weighted by molar-refractivity contribution is 0.139. The molecule has 1 aliphatic heterocycles. The highest BCUT2D eigenvalue weighted by Gasteiger charge is 2.21. The van der Waals surface area contributed by atoms with E-state index < -0.39 is 0 Å². The van der Waals surface area contributed by atoms with Crippen molar-refractivity contribution in [1.29, 1.82) is 0 Å². The van der Waals surface area contributed by atoms with E-state index in [0.29, 0.717) is 11.7 Å². The molecule has 1 aliphatic rings. The molecule has 1 fully saturated rings. The summed E-state index contributed by atoms with van der Waals surface area (Å²) in [5, 5.41) is 6.67. The molecule has 0 saturated carbocycles. The molecule has 0 atom stereocenters. The van der Waals surface area contributed by atoms with E-state index in [0.717, 1.165) is 45.6 Å². The third-order valence-corrected chi connectivity index (χ3v) is 4.44. The van der Waals surface area contributed by atoms with Gasteiger partial charge in [0, 0.05) is 39.1 Å². The minimum absolute atomic E-state index is 0.0704. The second-order valence-corrected chi connectivity index (χ2v) is 6.18. The van der Waals surface area contributed by atoms with Crippen LogP contribution in [0, 0.1) is 0 Å². The molecule has 7 nitrogen and oxygen atoms in total. The SMILES string of the molecule is CCc1noc(CNC(=O)N2CCN(CCc3ccccc3)CC2)n1. The maximum atomic E-state index is 12.2. The van der Waals surface area contributed by atoms with Gasteiger partial charge in [-0.25, -0.2) is 4.79 Å². The second-order valence-electron chi connectivity index (χ2n) is 6.18. The van der Waals surface area contributed by atoms with E-state index in [9.17, 15) is 4.79 Å². The van der Waals surface area contributed by atoms with Gasteiger partial charge in [-0.2, -0.15) is 4.98 Å². The minimum atomic E-state index is -0.0704. The summed E-state index contributed by atoms with van der Waals surface area (Å²) in [5.74, 6) is 1.11. The highest BCUT2D eigenvalue weighted by atomic mass is 16.5. The van der Waals surface area contributed by atoms with E-state index in [4.69, 9.17) is 4.52 Å². The number of nitrogens with zero attached hydrogens (tertiary/aromatic N) is 4. The molecule has 0 bridgehead atoms. The Hall–Kier alpha value is -2.41. The number of carbonyl (C=O) groups is 1. The van der Waals surface area contributed by atoms with E-state index in [2.05, 4.69) is 44.6 Å². The molecule has 25 heavy (non-hydrogen) atoms. The summed E-state index contributed by atoms with van der Waals surface area (Å²) in [4.78, 5) is 20.7. The quantitative estimate of drug-likeness (QED) is 0.864. The number of hydrogen-bond acceptors (Lipinski definition) is 5. The second kappa shape index (κ2) is 8.62. The summed E-state index contributed by atoms with van der Waals surface area (Å²) in [5.41, 5.74) is 1.36. The van der Waals surface area contributed by atoms with Crippen molar-refractivity contribution in [3.63, 3.8) is 0 Å². The van der Waals surface area contributed by atoms with Crippen molar-refractivity contribution in [1.82, 2.24) is 25.3 Å². The van der Waals surface area contributed by atoms with E-state index in [1.54, 1.807) is 0 Å². The molecule has 2 aromatic rings. The topological polar surface area (TPSA) is 74.5 Å². The molecule has 1 saturated heterocycles. The first-order valence-electron chi connectivity index (χ1n) is 8.85. The molecule has 3 rings (SSSR count). The Morgan fingerprint density at radius 2 is 1.96 bits per heavy atom. The lowest BCUT2D eigenvalue weighted by Crippen LogP contribution is -2.51. The Kier molecular flexibility index (Phi) is 6.00. The molecule has 1 aromatic carbocycles.